The summed E-state index contributed by atoms with van der Waals surface area (Å²) >= 11 is 0. The zero-order valence-electron chi connectivity index (χ0n) is 14.0. The van der Waals surface area contributed by atoms with Crippen molar-refractivity contribution in [3.63, 3.8) is 0 Å². The third-order valence-corrected chi connectivity index (χ3v) is 3.21. The lowest BCUT2D eigenvalue weighted by molar-refractivity contribution is -0.151. The van der Waals surface area contributed by atoms with Gasteiger partial charge in [0.2, 0.25) is 0 Å². The number of esters is 1. The van der Waals surface area contributed by atoms with E-state index in [9.17, 15) is 4.79 Å². The number of nitrogens with zero attached hydrogens (tertiary/aromatic N) is 1. The quantitative estimate of drug-likeness (QED) is 0.586. The minimum absolute atomic E-state index is 0.173. The van der Waals surface area contributed by atoms with Crippen LogP contribution in [0.4, 0.5) is 0 Å². The first-order valence-electron chi connectivity index (χ1n) is 7.58. The molecule has 0 aliphatic heterocycles. The maximum atomic E-state index is 12.0. The molecule has 0 aromatic carbocycles. The standard InChI is InChI=1S/C15H32N2O3/c1-7-16-15(5,14(18)19-8-2)9-10-17(6)11-12-20-13(3)4/h13,16H,7-12H2,1-6H3. The second kappa shape index (κ2) is 10.1. The molecular weight excluding hydrogens is 256 g/mol. The Balaban J connectivity index is 4.22. The lowest BCUT2D eigenvalue weighted by Gasteiger charge is -2.30. The molecule has 0 bridgehead atoms. The second-order valence-electron chi connectivity index (χ2n) is 5.56. The number of hydrogen-bond donors (Lipinski definition) is 1. The zero-order valence-corrected chi connectivity index (χ0v) is 14.0. The van der Waals surface area contributed by atoms with Crippen molar-refractivity contribution in [3.05, 3.63) is 0 Å². The SMILES string of the molecule is CCNC(C)(CCN(C)CCOC(C)C)C(=O)OCC. The molecule has 0 aromatic heterocycles. The zero-order chi connectivity index (χ0) is 15.6. The van der Waals surface area contributed by atoms with E-state index < -0.39 is 5.54 Å². The lowest BCUT2D eigenvalue weighted by atomic mass is 9.97. The van der Waals surface area contributed by atoms with Crippen LogP contribution in [0.5, 0.6) is 0 Å². The van der Waals surface area contributed by atoms with Crippen LogP contribution in [0.3, 0.4) is 0 Å². The van der Waals surface area contributed by atoms with Gasteiger partial charge in [0.15, 0.2) is 0 Å². The van der Waals surface area contributed by atoms with Crippen molar-refractivity contribution in [3.8, 4) is 0 Å². The van der Waals surface area contributed by atoms with Crippen LogP contribution in [-0.2, 0) is 14.3 Å². The maximum Gasteiger partial charge on any atom is 0.326 e. The van der Waals surface area contributed by atoms with Crippen LogP contribution in [0, 0.1) is 0 Å². The largest absolute Gasteiger partial charge is 0.465 e. The first-order chi connectivity index (χ1) is 9.35. The van der Waals surface area contributed by atoms with Crippen LogP contribution >= 0.6 is 0 Å². The Morgan fingerprint density at radius 3 is 2.45 bits per heavy atom. The molecule has 0 fully saturated rings. The van der Waals surface area contributed by atoms with Crippen LogP contribution in [0.15, 0.2) is 0 Å². The summed E-state index contributed by atoms with van der Waals surface area (Å²) in [5, 5.41) is 3.24. The van der Waals surface area contributed by atoms with Gasteiger partial charge >= 0.3 is 5.97 Å². The van der Waals surface area contributed by atoms with Crippen LogP contribution in [0.2, 0.25) is 0 Å². The molecule has 0 radical (unpaired) electrons. The van der Waals surface area contributed by atoms with Crippen LogP contribution in [0.25, 0.3) is 0 Å². The van der Waals surface area contributed by atoms with Crippen molar-refractivity contribution in [2.24, 2.45) is 0 Å². The molecule has 0 spiro atoms. The van der Waals surface area contributed by atoms with Crippen molar-refractivity contribution in [1.29, 1.82) is 0 Å². The van der Waals surface area contributed by atoms with Gasteiger partial charge < -0.3 is 19.7 Å². The van der Waals surface area contributed by atoms with Crippen molar-refractivity contribution in [1.82, 2.24) is 10.2 Å². The Bertz CT molecular complexity index is 272. The number of ether oxygens (including phenoxy) is 2. The van der Waals surface area contributed by atoms with Crippen LogP contribution in [0.1, 0.15) is 41.0 Å². The van der Waals surface area contributed by atoms with Gasteiger partial charge in [-0.1, -0.05) is 6.92 Å². The van der Waals surface area contributed by atoms with Gasteiger partial charge in [-0.3, -0.25) is 4.79 Å². The molecule has 0 saturated carbocycles. The predicted octanol–water partition coefficient (Wildman–Crippen LogP) is 1.66. The Hall–Kier alpha value is -0.650. The highest BCUT2D eigenvalue weighted by molar-refractivity contribution is 5.80. The summed E-state index contributed by atoms with van der Waals surface area (Å²) < 4.78 is 10.7. The van der Waals surface area contributed by atoms with Crippen molar-refractivity contribution < 1.29 is 14.3 Å². The third-order valence-electron chi connectivity index (χ3n) is 3.21. The summed E-state index contributed by atoms with van der Waals surface area (Å²) in [4.78, 5) is 14.2. The molecule has 0 saturated heterocycles. The number of likely N-dealkylation sites (N-methyl/N-ethyl adjacent to an activating group) is 2. The number of rotatable bonds is 11. The lowest BCUT2D eigenvalue weighted by Crippen LogP contribution is -2.52. The normalized spacial score (nSPS) is 14.6. The van der Waals surface area contributed by atoms with E-state index in [1.165, 1.54) is 0 Å². The first-order valence-corrected chi connectivity index (χ1v) is 7.58. The summed E-state index contributed by atoms with van der Waals surface area (Å²) in [7, 11) is 2.04. The average Bonchev–Trinajstić information content (AvgIpc) is 2.36. The molecule has 1 atom stereocenters. The highest BCUT2D eigenvalue weighted by Gasteiger charge is 2.33. The molecule has 120 valence electrons. The molecule has 5 nitrogen and oxygen atoms in total. The van der Waals surface area contributed by atoms with Gasteiger partial charge in [-0.05, 0) is 47.7 Å². The molecule has 1 unspecified atom stereocenters. The van der Waals surface area contributed by atoms with E-state index in [1.807, 2.05) is 41.7 Å². The van der Waals surface area contributed by atoms with E-state index in [0.717, 1.165) is 26.1 Å². The maximum absolute atomic E-state index is 12.0. The van der Waals surface area contributed by atoms with Gasteiger partial charge in [0.1, 0.15) is 5.54 Å². The first kappa shape index (κ1) is 19.4. The number of nitrogens with one attached hydrogen (secondary N) is 1. The summed E-state index contributed by atoms with van der Waals surface area (Å²) in [6.07, 6.45) is 0.979. The Morgan fingerprint density at radius 1 is 1.30 bits per heavy atom. The molecule has 1 N–H and O–H groups in total. The van der Waals surface area contributed by atoms with Gasteiger partial charge in [0, 0.05) is 13.1 Å². The highest BCUT2D eigenvalue weighted by atomic mass is 16.5. The Kier molecular flexibility index (Phi) is 9.80. The van der Waals surface area contributed by atoms with Gasteiger partial charge in [0.25, 0.3) is 0 Å². The molecule has 0 aromatic rings. The molecule has 0 rings (SSSR count). The number of carbonyl (C=O) groups excluding carboxylic acids is 1. The fourth-order valence-corrected chi connectivity index (χ4v) is 1.91. The second-order valence-corrected chi connectivity index (χ2v) is 5.56. The molecule has 0 amide bonds. The van der Waals surface area contributed by atoms with Crippen molar-refractivity contribution in [2.45, 2.75) is 52.7 Å². The van der Waals surface area contributed by atoms with E-state index in [-0.39, 0.29) is 12.1 Å². The fourth-order valence-electron chi connectivity index (χ4n) is 1.91. The average molecular weight is 288 g/mol. The molecule has 20 heavy (non-hydrogen) atoms. The van der Waals surface area contributed by atoms with Crippen molar-refractivity contribution in [2.75, 3.05) is 39.9 Å². The van der Waals surface area contributed by atoms with E-state index in [2.05, 4.69) is 10.2 Å². The molecule has 0 heterocycles. The Morgan fingerprint density at radius 2 is 1.95 bits per heavy atom. The van der Waals surface area contributed by atoms with Gasteiger partial charge in [-0.25, -0.2) is 0 Å². The van der Waals surface area contributed by atoms with Gasteiger partial charge in [-0.2, -0.15) is 0 Å². The number of hydrogen-bond acceptors (Lipinski definition) is 5. The molecule has 0 aliphatic carbocycles. The smallest absolute Gasteiger partial charge is 0.326 e. The minimum atomic E-state index is -0.613. The molecule has 5 heteroatoms. The topological polar surface area (TPSA) is 50.8 Å². The van der Waals surface area contributed by atoms with Gasteiger partial charge in [-0.15, -0.1) is 0 Å². The molecule has 0 aliphatic rings. The third kappa shape index (κ3) is 7.82. The van der Waals surface area contributed by atoms with E-state index in [0.29, 0.717) is 13.2 Å². The van der Waals surface area contributed by atoms with E-state index in [4.69, 9.17) is 9.47 Å². The Labute approximate surface area is 124 Å². The van der Waals surface area contributed by atoms with Gasteiger partial charge in [0.05, 0.1) is 19.3 Å². The number of carbonyl (C=O) groups is 1. The van der Waals surface area contributed by atoms with E-state index in [1.54, 1.807) is 0 Å². The highest BCUT2D eigenvalue weighted by Crippen LogP contribution is 2.13. The van der Waals surface area contributed by atoms with Crippen LogP contribution < -0.4 is 5.32 Å². The minimum Gasteiger partial charge on any atom is -0.465 e. The summed E-state index contributed by atoms with van der Waals surface area (Å²) in [5.74, 6) is -0.173. The monoisotopic (exact) mass is 288 g/mol. The van der Waals surface area contributed by atoms with E-state index >= 15 is 0 Å². The summed E-state index contributed by atoms with van der Waals surface area (Å²) in [6.45, 7) is 13.4. The van der Waals surface area contributed by atoms with Crippen LogP contribution in [-0.4, -0.2) is 62.4 Å². The molecular formula is C15H32N2O3. The van der Waals surface area contributed by atoms with Crippen molar-refractivity contribution >= 4 is 5.97 Å². The summed E-state index contributed by atoms with van der Waals surface area (Å²) in [6, 6.07) is 0. The predicted molar refractivity (Wildman–Crippen MR) is 81.9 cm³/mol. The fraction of sp³-hybridized carbons (Fsp3) is 0.933. The summed E-state index contributed by atoms with van der Waals surface area (Å²) in [5.41, 5.74) is -0.613.